The van der Waals surface area contributed by atoms with Crippen molar-refractivity contribution in [3.63, 3.8) is 0 Å². The smallest absolute Gasteiger partial charge is 0.251 e. The molecule has 8 nitrogen and oxygen atoms in total. The zero-order valence-corrected chi connectivity index (χ0v) is 13.4. The Labute approximate surface area is 131 Å². The maximum atomic E-state index is 12.4. The highest BCUT2D eigenvalue weighted by Crippen LogP contribution is 2.24. The number of sulfonamides is 1. The molecule has 1 aliphatic rings. The molecule has 1 amide bonds. The molecular weight excluding hydrogens is 326 g/mol. The number of thiazole rings is 1. The fraction of sp³-hybridized carbons (Fsp3) is 0.417. The monoisotopic (exact) mass is 341 g/mol. The van der Waals surface area contributed by atoms with E-state index in [2.05, 4.69) is 20.1 Å². The van der Waals surface area contributed by atoms with Crippen molar-refractivity contribution in [2.24, 2.45) is 0 Å². The van der Waals surface area contributed by atoms with Gasteiger partial charge in [-0.05, 0) is 12.5 Å². The van der Waals surface area contributed by atoms with Crippen LogP contribution in [0.5, 0.6) is 0 Å². The van der Waals surface area contributed by atoms with Crippen LogP contribution in [-0.4, -0.2) is 35.1 Å². The van der Waals surface area contributed by atoms with Crippen LogP contribution >= 0.6 is 11.3 Å². The molecular formula is C12H15N5O3S2. The van der Waals surface area contributed by atoms with Crippen LogP contribution in [0.3, 0.4) is 0 Å². The molecule has 0 bridgehead atoms. The van der Waals surface area contributed by atoms with E-state index in [9.17, 15) is 13.2 Å². The number of amides is 1. The molecule has 22 heavy (non-hydrogen) atoms. The highest BCUT2D eigenvalue weighted by atomic mass is 32.2. The molecule has 2 N–H and O–H groups in total. The summed E-state index contributed by atoms with van der Waals surface area (Å²) in [5, 5.41) is 6.92. The van der Waals surface area contributed by atoms with Crippen LogP contribution in [-0.2, 0) is 27.8 Å². The van der Waals surface area contributed by atoms with Gasteiger partial charge in [0.05, 0.1) is 6.20 Å². The van der Waals surface area contributed by atoms with Crippen LogP contribution < -0.4 is 10.0 Å². The Morgan fingerprint density at radius 2 is 2.32 bits per heavy atom. The molecule has 0 saturated heterocycles. The Balaban J connectivity index is 1.71. The van der Waals surface area contributed by atoms with Gasteiger partial charge in [0.2, 0.25) is 5.91 Å². The van der Waals surface area contributed by atoms with Gasteiger partial charge in [-0.3, -0.25) is 9.48 Å². The molecule has 0 saturated carbocycles. The molecule has 2 aromatic heterocycles. The van der Waals surface area contributed by atoms with Crippen LogP contribution in [0.2, 0.25) is 0 Å². The van der Waals surface area contributed by atoms with Gasteiger partial charge in [-0.1, -0.05) is 11.3 Å². The first kappa shape index (κ1) is 15.1. The Morgan fingerprint density at radius 3 is 3.09 bits per heavy atom. The van der Waals surface area contributed by atoms with Gasteiger partial charge >= 0.3 is 0 Å². The van der Waals surface area contributed by atoms with Crippen LogP contribution in [0.1, 0.15) is 19.0 Å². The third-order valence-corrected chi connectivity index (χ3v) is 6.20. The van der Waals surface area contributed by atoms with Gasteiger partial charge in [-0.2, -0.15) is 5.10 Å². The number of rotatable bonds is 4. The van der Waals surface area contributed by atoms with Gasteiger partial charge < -0.3 is 5.32 Å². The average Bonchev–Trinajstić information content (AvgIpc) is 3.06. The van der Waals surface area contributed by atoms with Crippen LogP contribution in [0, 0.1) is 0 Å². The summed E-state index contributed by atoms with van der Waals surface area (Å²) in [5.41, 5.74) is 1.02. The Morgan fingerprint density at radius 1 is 1.50 bits per heavy atom. The summed E-state index contributed by atoms with van der Waals surface area (Å²) >= 11 is 0.933. The second kappa shape index (κ2) is 5.78. The Kier molecular flexibility index (Phi) is 3.98. The molecule has 2 aromatic rings. The van der Waals surface area contributed by atoms with Crippen LogP contribution in [0.15, 0.2) is 22.7 Å². The fourth-order valence-electron chi connectivity index (χ4n) is 2.34. The minimum atomic E-state index is -3.64. The minimum Gasteiger partial charge on any atom is -0.302 e. The minimum absolute atomic E-state index is 0.0929. The second-order valence-corrected chi connectivity index (χ2v) is 7.99. The Bertz CT molecular complexity index is 795. The Hall–Kier alpha value is -1.78. The summed E-state index contributed by atoms with van der Waals surface area (Å²) in [4.78, 5) is 14.9. The van der Waals surface area contributed by atoms with E-state index in [1.807, 2.05) is 10.7 Å². The van der Waals surface area contributed by atoms with Crippen molar-refractivity contribution < 1.29 is 13.2 Å². The topological polar surface area (TPSA) is 106 Å². The quantitative estimate of drug-likeness (QED) is 0.847. The number of aryl methyl sites for hydroxylation is 1. The molecule has 0 radical (unpaired) electrons. The normalized spacial score (nSPS) is 18.0. The van der Waals surface area contributed by atoms with E-state index in [1.54, 1.807) is 6.20 Å². The van der Waals surface area contributed by atoms with E-state index in [1.165, 1.54) is 13.1 Å². The standard InChI is InChI=1S/C12H15N5O3S2/c1-8(18)15-12-13-7-11(21-12)22(19,20)16-9-3-5-17-10(6-9)2-4-14-17/h2,4,7,9,16H,3,5-6H2,1H3,(H,13,15,18)/t9-/m1/s1. The van der Waals surface area contributed by atoms with E-state index in [0.29, 0.717) is 19.4 Å². The third kappa shape index (κ3) is 3.18. The summed E-state index contributed by atoms with van der Waals surface area (Å²) in [6, 6.07) is 1.72. The van der Waals surface area contributed by atoms with Crippen LogP contribution in [0.4, 0.5) is 5.13 Å². The summed E-state index contributed by atoms with van der Waals surface area (Å²) < 4.78 is 29.4. The van der Waals surface area contributed by atoms with Gasteiger partial charge in [-0.15, -0.1) is 0 Å². The molecule has 0 aliphatic carbocycles. The lowest BCUT2D eigenvalue weighted by molar-refractivity contribution is -0.114. The number of hydrogen-bond donors (Lipinski definition) is 2. The predicted molar refractivity (Wildman–Crippen MR) is 81.1 cm³/mol. The van der Waals surface area contributed by atoms with Crippen molar-refractivity contribution in [1.82, 2.24) is 19.5 Å². The van der Waals surface area contributed by atoms with Crippen molar-refractivity contribution in [2.45, 2.75) is 36.6 Å². The molecule has 118 valence electrons. The second-order valence-electron chi connectivity index (χ2n) is 5.02. The zero-order valence-electron chi connectivity index (χ0n) is 11.8. The number of anilines is 1. The lowest BCUT2D eigenvalue weighted by Gasteiger charge is -2.23. The summed E-state index contributed by atoms with van der Waals surface area (Å²) in [7, 11) is -3.64. The van der Waals surface area contributed by atoms with E-state index in [4.69, 9.17) is 0 Å². The summed E-state index contributed by atoms with van der Waals surface area (Å²) in [5.74, 6) is -0.285. The fourth-order valence-corrected chi connectivity index (χ4v) is 4.70. The number of aromatic nitrogens is 3. The molecule has 0 aromatic carbocycles. The molecule has 1 atom stereocenters. The van der Waals surface area contributed by atoms with Crippen molar-refractivity contribution in [2.75, 3.05) is 5.32 Å². The zero-order chi connectivity index (χ0) is 15.7. The molecule has 3 rings (SSSR count). The van der Waals surface area contributed by atoms with E-state index >= 15 is 0 Å². The highest BCUT2D eigenvalue weighted by molar-refractivity contribution is 7.91. The molecule has 1 aliphatic heterocycles. The number of hydrogen-bond acceptors (Lipinski definition) is 6. The number of nitrogens with zero attached hydrogens (tertiary/aromatic N) is 3. The first-order valence-corrected chi connectivity index (χ1v) is 9.00. The summed E-state index contributed by atoms with van der Waals surface area (Å²) in [6.07, 6.45) is 4.27. The van der Waals surface area contributed by atoms with Crippen molar-refractivity contribution >= 4 is 32.4 Å². The van der Waals surface area contributed by atoms with E-state index < -0.39 is 10.0 Å². The first-order valence-electron chi connectivity index (χ1n) is 6.70. The SMILES string of the molecule is CC(=O)Nc1ncc(S(=O)(=O)N[C@@H]2CCn3nccc3C2)s1. The maximum Gasteiger partial charge on any atom is 0.251 e. The van der Waals surface area contributed by atoms with E-state index in [-0.39, 0.29) is 21.3 Å². The molecule has 3 heterocycles. The van der Waals surface area contributed by atoms with Gasteiger partial charge in [0.1, 0.15) is 0 Å². The number of fused-ring (bicyclic) bond motifs is 1. The van der Waals surface area contributed by atoms with Gasteiger partial charge in [-0.25, -0.2) is 18.1 Å². The van der Waals surface area contributed by atoms with Crippen LogP contribution in [0.25, 0.3) is 0 Å². The van der Waals surface area contributed by atoms with Crippen molar-refractivity contribution in [3.05, 3.63) is 24.2 Å². The predicted octanol–water partition coefficient (Wildman–Crippen LogP) is 0.591. The molecule has 0 unspecified atom stereocenters. The van der Waals surface area contributed by atoms with E-state index in [0.717, 1.165) is 17.0 Å². The molecule has 10 heteroatoms. The van der Waals surface area contributed by atoms with Gasteiger partial charge in [0.25, 0.3) is 10.0 Å². The average molecular weight is 341 g/mol. The first-order chi connectivity index (χ1) is 10.4. The lowest BCUT2D eigenvalue weighted by Crippen LogP contribution is -2.39. The molecule has 0 fully saturated rings. The number of carbonyl (C=O) groups excluding carboxylic acids is 1. The largest absolute Gasteiger partial charge is 0.302 e. The summed E-state index contributed by atoms with van der Waals surface area (Å²) in [6.45, 7) is 2.04. The maximum absolute atomic E-state index is 12.4. The third-order valence-electron chi connectivity index (χ3n) is 3.30. The van der Waals surface area contributed by atoms with Gasteiger partial charge in [0.15, 0.2) is 9.34 Å². The van der Waals surface area contributed by atoms with Gasteiger partial charge in [0, 0.05) is 37.8 Å². The molecule has 0 spiro atoms. The number of carbonyl (C=O) groups is 1. The lowest BCUT2D eigenvalue weighted by atomic mass is 10.1. The van der Waals surface area contributed by atoms with Crippen molar-refractivity contribution in [1.29, 1.82) is 0 Å². The highest BCUT2D eigenvalue weighted by Gasteiger charge is 2.26. The number of nitrogens with one attached hydrogen (secondary N) is 2. The van der Waals surface area contributed by atoms with Crippen molar-refractivity contribution in [3.8, 4) is 0 Å².